The molecule has 1 amide bonds. The Bertz CT molecular complexity index is 1360. The number of H-pyrrole nitrogens is 1. The maximum absolute atomic E-state index is 13.2. The SMILES string of the molecule is Cc1c(Oc2cccc(C(=O)N3CC[C@H](Oc4ncc(C(F)(F)F)cn4)C3)c2)n[nH]c(=O)c1C(F)(F)F. The zero-order valence-corrected chi connectivity index (χ0v) is 18.9. The van der Waals surface area contributed by atoms with Gasteiger partial charge in [0.1, 0.15) is 17.4 Å². The van der Waals surface area contributed by atoms with Crippen LogP contribution in [0, 0.1) is 6.92 Å². The van der Waals surface area contributed by atoms with E-state index < -0.39 is 52.5 Å². The number of likely N-dealkylation sites (tertiary alicyclic amines) is 1. The number of hydrogen-bond donors (Lipinski definition) is 1. The highest BCUT2D eigenvalue weighted by Gasteiger charge is 2.38. The highest BCUT2D eigenvalue weighted by atomic mass is 19.4. The zero-order valence-electron chi connectivity index (χ0n) is 18.9. The number of carbonyl (C=O) groups excluding carboxylic acids is 1. The Kier molecular flexibility index (Phi) is 6.80. The van der Waals surface area contributed by atoms with Crippen LogP contribution in [0.1, 0.15) is 33.5 Å². The van der Waals surface area contributed by atoms with Gasteiger partial charge in [-0.15, -0.1) is 5.10 Å². The lowest BCUT2D eigenvalue weighted by Gasteiger charge is -2.17. The molecule has 0 saturated carbocycles. The van der Waals surface area contributed by atoms with Crippen LogP contribution in [0.15, 0.2) is 41.5 Å². The average Bonchev–Trinajstić information content (AvgIpc) is 3.28. The Hall–Kier alpha value is -4.17. The second-order valence-corrected chi connectivity index (χ2v) is 8.02. The van der Waals surface area contributed by atoms with Crippen molar-refractivity contribution < 1.29 is 40.6 Å². The molecule has 3 heterocycles. The maximum atomic E-state index is 13.2. The molecule has 2 aromatic heterocycles. The second-order valence-electron chi connectivity index (χ2n) is 8.02. The van der Waals surface area contributed by atoms with Gasteiger partial charge in [-0.05, 0) is 25.1 Å². The van der Waals surface area contributed by atoms with Crippen molar-refractivity contribution in [2.45, 2.75) is 31.8 Å². The van der Waals surface area contributed by atoms with Crippen LogP contribution in [0.4, 0.5) is 26.3 Å². The fourth-order valence-electron chi connectivity index (χ4n) is 3.63. The average molecular weight is 529 g/mol. The molecule has 15 heteroatoms. The first-order chi connectivity index (χ1) is 17.3. The summed E-state index contributed by atoms with van der Waals surface area (Å²) in [6.07, 6.45) is -8.50. The lowest BCUT2D eigenvalue weighted by Crippen LogP contribution is -2.31. The van der Waals surface area contributed by atoms with Crippen molar-refractivity contribution in [2.75, 3.05) is 13.1 Å². The molecule has 1 saturated heterocycles. The number of benzene rings is 1. The van der Waals surface area contributed by atoms with E-state index in [0.717, 1.165) is 6.92 Å². The van der Waals surface area contributed by atoms with Crippen molar-refractivity contribution in [1.82, 2.24) is 25.1 Å². The van der Waals surface area contributed by atoms with Crippen LogP contribution in [0.2, 0.25) is 0 Å². The number of halogens is 6. The molecule has 1 N–H and O–H groups in total. The predicted octanol–water partition coefficient (Wildman–Crippen LogP) is 3.99. The van der Waals surface area contributed by atoms with E-state index in [2.05, 4.69) is 15.1 Å². The lowest BCUT2D eigenvalue weighted by molar-refractivity contribution is -0.139. The number of alkyl halides is 6. The number of nitrogens with one attached hydrogen (secondary N) is 1. The van der Waals surface area contributed by atoms with Gasteiger partial charge in [-0.3, -0.25) is 9.59 Å². The fourth-order valence-corrected chi connectivity index (χ4v) is 3.63. The summed E-state index contributed by atoms with van der Waals surface area (Å²) < 4.78 is 88.4. The smallest absolute Gasteiger partial charge is 0.422 e. The Morgan fingerprint density at radius 2 is 1.81 bits per heavy atom. The summed E-state index contributed by atoms with van der Waals surface area (Å²) in [5, 5.41) is 5.27. The summed E-state index contributed by atoms with van der Waals surface area (Å²) in [7, 11) is 0. The van der Waals surface area contributed by atoms with Crippen LogP contribution in [-0.4, -0.2) is 50.2 Å². The normalized spacial score (nSPS) is 16.1. The molecule has 196 valence electrons. The summed E-state index contributed by atoms with van der Waals surface area (Å²) in [5.41, 5.74) is -4.23. The summed E-state index contributed by atoms with van der Waals surface area (Å²) in [6.45, 7) is 1.41. The number of hydrogen-bond acceptors (Lipinski definition) is 7. The molecule has 1 atom stereocenters. The molecule has 1 aliphatic heterocycles. The molecule has 0 radical (unpaired) electrons. The summed E-state index contributed by atoms with van der Waals surface area (Å²) in [4.78, 5) is 33.0. The van der Waals surface area contributed by atoms with Crippen molar-refractivity contribution in [3.63, 3.8) is 0 Å². The largest absolute Gasteiger partial charge is 0.458 e. The fraction of sp³-hybridized carbons (Fsp3) is 0.318. The Balaban J connectivity index is 1.43. The van der Waals surface area contributed by atoms with Crippen LogP contribution in [0.3, 0.4) is 0 Å². The highest BCUT2D eigenvalue weighted by Crippen LogP contribution is 2.33. The Morgan fingerprint density at radius 1 is 1.11 bits per heavy atom. The van der Waals surface area contributed by atoms with Gasteiger partial charge in [-0.25, -0.2) is 15.1 Å². The minimum atomic E-state index is -4.92. The molecule has 37 heavy (non-hydrogen) atoms. The number of nitrogens with zero attached hydrogens (tertiary/aromatic N) is 4. The van der Waals surface area contributed by atoms with E-state index in [-0.39, 0.29) is 30.4 Å². The topological polar surface area (TPSA) is 110 Å². The molecule has 0 unspecified atom stereocenters. The maximum Gasteiger partial charge on any atom is 0.422 e. The third-order valence-corrected chi connectivity index (χ3v) is 5.42. The van der Waals surface area contributed by atoms with Crippen molar-refractivity contribution >= 4 is 5.91 Å². The van der Waals surface area contributed by atoms with Gasteiger partial charge >= 0.3 is 18.4 Å². The molecule has 0 spiro atoms. The van der Waals surface area contributed by atoms with E-state index in [4.69, 9.17) is 9.47 Å². The van der Waals surface area contributed by atoms with Gasteiger partial charge in [-0.2, -0.15) is 26.3 Å². The first-order valence-corrected chi connectivity index (χ1v) is 10.6. The minimum absolute atomic E-state index is 0.00627. The van der Waals surface area contributed by atoms with Gasteiger partial charge < -0.3 is 14.4 Å². The van der Waals surface area contributed by atoms with Crippen molar-refractivity contribution in [1.29, 1.82) is 0 Å². The van der Waals surface area contributed by atoms with E-state index in [1.54, 1.807) is 5.10 Å². The van der Waals surface area contributed by atoms with Gasteiger partial charge in [0.2, 0.25) is 5.88 Å². The van der Waals surface area contributed by atoms with E-state index in [1.807, 2.05) is 0 Å². The first-order valence-electron chi connectivity index (χ1n) is 10.6. The van der Waals surface area contributed by atoms with Crippen molar-refractivity contribution in [2.24, 2.45) is 0 Å². The number of ether oxygens (including phenoxy) is 2. The Morgan fingerprint density at radius 3 is 2.46 bits per heavy atom. The molecular weight excluding hydrogens is 512 g/mol. The van der Waals surface area contributed by atoms with Crippen LogP contribution < -0.4 is 15.0 Å². The van der Waals surface area contributed by atoms with Gasteiger partial charge in [0.05, 0.1) is 12.1 Å². The standard InChI is InChI=1S/C22H17F6N5O4/c1-11-16(22(26,27)28)17(34)31-32-18(11)36-14-4-2-3-12(7-14)19(35)33-6-5-15(10-33)37-20-29-8-13(9-30-20)21(23,24)25/h2-4,7-9,15H,5-6,10H2,1H3,(H,31,34)/t15-/m0/s1. The van der Waals surface area contributed by atoms with Crippen LogP contribution in [0.25, 0.3) is 0 Å². The lowest BCUT2D eigenvalue weighted by atomic mass is 10.1. The molecule has 3 aromatic rings. The number of amides is 1. The van der Waals surface area contributed by atoms with Crippen molar-refractivity contribution in [3.05, 3.63) is 69.3 Å². The molecule has 0 bridgehead atoms. The third kappa shape index (κ3) is 5.81. The number of aromatic nitrogens is 4. The van der Waals surface area contributed by atoms with E-state index in [1.165, 1.54) is 29.2 Å². The number of rotatable bonds is 5. The van der Waals surface area contributed by atoms with Gasteiger partial charge in [0.15, 0.2) is 0 Å². The molecule has 9 nitrogen and oxygen atoms in total. The van der Waals surface area contributed by atoms with Crippen molar-refractivity contribution in [3.8, 4) is 17.6 Å². The number of aromatic amines is 1. The monoisotopic (exact) mass is 529 g/mol. The molecule has 4 rings (SSSR count). The predicted molar refractivity (Wildman–Crippen MR) is 113 cm³/mol. The van der Waals surface area contributed by atoms with Gasteiger partial charge in [0.25, 0.3) is 11.5 Å². The van der Waals surface area contributed by atoms with E-state index in [9.17, 15) is 35.9 Å². The third-order valence-electron chi connectivity index (χ3n) is 5.42. The van der Waals surface area contributed by atoms with Gasteiger partial charge in [-0.1, -0.05) is 6.07 Å². The zero-order chi connectivity index (χ0) is 27.0. The second kappa shape index (κ2) is 9.71. The summed E-state index contributed by atoms with van der Waals surface area (Å²) in [6, 6.07) is 5.36. The van der Waals surface area contributed by atoms with Crippen LogP contribution in [-0.2, 0) is 12.4 Å². The molecule has 1 aromatic carbocycles. The molecular formula is C22H17F6N5O4. The number of carbonyl (C=O) groups is 1. The van der Waals surface area contributed by atoms with E-state index in [0.29, 0.717) is 18.8 Å². The molecule has 0 aliphatic carbocycles. The quantitative estimate of drug-likeness (QED) is 0.498. The van der Waals surface area contributed by atoms with E-state index >= 15 is 0 Å². The summed E-state index contributed by atoms with van der Waals surface area (Å²) >= 11 is 0. The first kappa shape index (κ1) is 25.9. The summed E-state index contributed by atoms with van der Waals surface area (Å²) in [5.74, 6) is -0.915. The van der Waals surface area contributed by atoms with Gasteiger partial charge in [0, 0.05) is 36.5 Å². The highest BCUT2D eigenvalue weighted by molar-refractivity contribution is 5.94. The van der Waals surface area contributed by atoms with Crippen LogP contribution in [0.5, 0.6) is 17.6 Å². The Labute approximate surface area is 204 Å². The van der Waals surface area contributed by atoms with Crippen LogP contribution >= 0.6 is 0 Å². The molecule has 1 fully saturated rings. The molecule has 1 aliphatic rings. The minimum Gasteiger partial charge on any atom is -0.458 e.